The zero-order valence-electron chi connectivity index (χ0n) is 10.9. The molecule has 1 aromatic rings. The number of sulfone groups is 1. The zero-order chi connectivity index (χ0) is 14.3. The van der Waals surface area contributed by atoms with Gasteiger partial charge in [-0.25, -0.2) is 8.42 Å². The Hall–Kier alpha value is -1.02. The highest BCUT2D eigenvalue weighted by molar-refractivity contribution is 7.99. The molecule has 20 heavy (non-hydrogen) atoms. The lowest BCUT2D eigenvalue weighted by atomic mass is 10.3. The second kappa shape index (κ2) is 5.07. The lowest BCUT2D eigenvalue weighted by Gasteiger charge is -2.12. The maximum Gasteiger partial charge on any atom is 0.313 e. The standard InChI is InChI=1S/C12H16N2O4S2/c15-12(16)6-19-11-5-10(8-1-2-8)13-14(11)9-3-4-20(17,18)7-9/h5,8-9H,1-4,6-7H2,(H,15,16). The number of hydrogen-bond acceptors (Lipinski definition) is 5. The first-order chi connectivity index (χ1) is 9.44. The minimum absolute atomic E-state index is 0.0325. The van der Waals surface area contributed by atoms with Crippen molar-refractivity contribution in [3.8, 4) is 0 Å². The highest BCUT2D eigenvalue weighted by Gasteiger charge is 2.33. The fourth-order valence-corrected chi connectivity index (χ4v) is 4.94. The van der Waals surface area contributed by atoms with Crippen molar-refractivity contribution in [2.24, 2.45) is 0 Å². The van der Waals surface area contributed by atoms with Gasteiger partial charge in [-0.2, -0.15) is 5.10 Å². The molecule has 2 fully saturated rings. The SMILES string of the molecule is O=C(O)CSc1cc(C2CC2)nn1C1CCS(=O)(=O)C1. The van der Waals surface area contributed by atoms with E-state index in [1.165, 1.54) is 11.8 Å². The molecule has 1 aliphatic heterocycles. The van der Waals surface area contributed by atoms with E-state index in [-0.39, 0.29) is 23.3 Å². The van der Waals surface area contributed by atoms with Crippen molar-refractivity contribution in [3.63, 3.8) is 0 Å². The van der Waals surface area contributed by atoms with Crippen LogP contribution in [-0.4, -0.2) is 46.5 Å². The Bertz CT molecular complexity index is 634. The number of carboxylic acid groups (broad SMARTS) is 1. The van der Waals surface area contributed by atoms with Gasteiger partial charge in [0.1, 0.15) is 0 Å². The summed E-state index contributed by atoms with van der Waals surface area (Å²) >= 11 is 1.21. The van der Waals surface area contributed by atoms with Crippen molar-refractivity contribution < 1.29 is 18.3 Å². The van der Waals surface area contributed by atoms with Crippen LogP contribution in [0.3, 0.4) is 0 Å². The van der Waals surface area contributed by atoms with E-state index >= 15 is 0 Å². The summed E-state index contributed by atoms with van der Waals surface area (Å²) in [5, 5.41) is 14.1. The van der Waals surface area contributed by atoms with Gasteiger partial charge in [-0.05, 0) is 25.3 Å². The summed E-state index contributed by atoms with van der Waals surface area (Å²) in [6, 6.07) is 1.78. The van der Waals surface area contributed by atoms with E-state index in [4.69, 9.17) is 5.11 Å². The van der Waals surface area contributed by atoms with Crippen LogP contribution in [0.15, 0.2) is 11.1 Å². The minimum Gasteiger partial charge on any atom is -0.481 e. The lowest BCUT2D eigenvalue weighted by Crippen LogP contribution is -2.14. The van der Waals surface area contributed by atoms with E-state index in [0.717, 1.165) is 23.6 Å². The summed E-state index contributed by atoms with van der Waals surface area (Å²) in [6.07, 6.45) is 2.79. The van der Waals surface area contributed by atoms with Crippen LogP contribution in [0.2, 0.25) is 0 Å². The first-order valence-electron chi connectivity index (χ1n) is 6.59. The number of thioether (sulfide) groups is 1. The Morgan fingerprint density at radius 1 is 1.45 bits per heavy atom. The molecule has 1 unspecified atom stereocenters. The van der Waals surface area contributed by atoms with Gasteiger partial charge in [0.05, 0.1) is 34.0 Å². The molecule has 1 N–H and O–H groups in total. The summed E-state index contributed by atoms with van der Waals surface area (Å²) in [6.45, 7) is 0. The number of carbonyl (C=O) groups is 1. The van der Waals surface area contributed by atoms with Gasteiger partial charge in [-0.3, -0.25) is 9.48 Å². The van der Waals surface area contributed by atoms with Gasteiger partial charge in [0.2, 0.25) is 0 Å². The highest BCUT2D eigenvalue weighted by Crippen LogP contribution is 2.41. The molecular weight excluding hydrogens is 300 g/mol. The Balaban J connectivity index is 1.85. The number of aliphatic carboxylic acids is 1. The second-order valence-electron chi connectivity index (χ2n) is 5.37. The van der Waals surface area contributed by atoms with Crippen LogP contribution in [0, 0.1) is 0 Å². The molecule has 3 rings (SSSR count). The average molecular weight is 316 g/mol. The third-order valence-electron chi connectivity index (χ3n) is 3.61. The van der Waals surface area contributed by atoms with Crippen LogP contribution in [0.5, 0.6) is 0 Å². The smallest absolute Gasteiger partial charge is 0.313 e. The summed E-state index contributed by atoms with van der Waals surface area (Å²) in [5.74, 6) is -0.137. The van der Waals surface area contributed by atoms with Crippen molar-refractivity contribution in [1.82, 2.24) is 9.78 Å². The molecule has 1 saturated carbocycles. The van der Waals surface area contributed by atoms with E-state index in [2.05, 4.69) is 5.10 Å². The van der Waals surface area contributed by atoms with Crippen LogP contribution >= 0.6 is 11.8 Å². The Morgan fingerprint density at radius 2 is 2.20 bits per heavy atom. The first kappa shape index (κ1) is 13.9. The Kier molecular flexibility index (Phi) is 3.53. The van der Waals surface area contributed by atoms with Crippen LogP contribution < -0.4 is 0 Å². The van der Waals surface area contributed by atoms with Gasteiger partial charge in [0, 0.05) is 5.92 Å². The van der Waals surface area contributed by atoms with Gasteiger partial charge in [0.25, 0.3) is 0 Å². The van der Waals surface area contributed by atoms with Crippen molar-refractivity contribution in [2.45, 2.75) is 36.2 Å². The zero-order valence-corrected chi connectivity index (χ0v) is 12.5. The van der Waals surface area contributed by atoms with Gasteiger partial charge in [-0.15, -0.1) is 0 Å². The first-order valence-corrected chi connectivity index (χ1v) is 9.40. The van der Waals surface area contributed by atoms with Crippen molar-refractivity contribution in [1.29, 1.82) is 0 Å². The largest absolute Gasteiger partial charge is 0.481 e. The summed E-state index contributed by atoms with van der Waals surface area (Å²) in [5.41, 5.74) is 0.974. The molecule has 0 radical (unpaired) electrons. The third kappa shape index (κ3) is 3.01. The molecular formula is C12H16N2O4S2. The lowest BCUT2D eigenvalue weighted by molar-refractivity contribution is -0.133. The fraction of sp³-hybridized carbons (Fsp3) is 0.667. The third-order valence-corrected chi connectivity index (χ3v) is 6.36. The molecule has 1 saturated heterocycles. The number of hydrogen-bond donors (Lipinski definition) is 1. The maximum absolute atomic E-state index is 11.6. The summed E-state index contributed by atoms with van der Waals surface area (Å²) < 4.78 is 24.9. The highest BCUT2D eigenvalue weighted by atomic mass is 32.2. The molecule has 2 aliphatic rings. The van der Waals surface area contributed by atoms with Crippen molar-refractivity contribution in [3.05, 3.63) is 11.8 Å². The van der Waals surface area contributed by atoms with E-state index < -0.39 is 15.8 Å². The van der Waals surface area contributed by atoms with Gasteiger partial charge >= 0.3 is 5.97 Å². The monoisotopic (exact) mass is 316 g/mol. The van der Waals surface area contributed by atoms with Crippen molar-refractivity contribution >= 4 is 27.6 Å². The van der Waals surface area contributed by atoms with E-state index in [0.29, 0.717) is 12.3 Å². The Labute approximate surface area is 121 Å². The molecule has 8 heteroatoms. The molecule has 110 valence electrons. The molecule has 6 nitrogen and oxygen atoms in total. The topological polar surface area (TPSA) is 89.3 Å². The van der Waals surface area contributed by atoms with E-state index in [9.17, 15) is 13.2 Å². The molecule has 0 spiro atoms. The predicted molar refractivity (Wildman–Crippen MR) is 74.9 cm³/mol. The van der Waals surface area contributed by atoms with Gasteiger partial charge in [-0.1, -0.05) is 11.8 Å². The molecule has 0 bridgehead atoms. The molecule has 1 aliphatic carbocycles. The summed E-state index contributed by atoms with van der Waals surface area (Å²) in [7, 11) is -2.97. The fourth-order valence-electron chi connectivity index (χ4n) is 2.45. The molecule has 0 aromatic carbocycles. The van der Waals surface area contributed by atoms with Gasteiger partial charge in [0.15, 0.2) is 9.84 Å². The number of aromatic nitrogens is 2. The number of carboxylic acids is 1. The predicted octanol–water partition coefficient (Wildman–Crippen LogP) is 1.30. The number of rotatable bonds is 5. The average Bonchev–Trinajstić information content (AvgIpc) is 3.03. The Morgan fingerprint density at radius 3 is 2.75 bits per heavy atom. The van der Waals surface area contributed by atoms with Crippen LogP contribution in [0.1, 0.15) is 36.9 Å². The van der Waals surface area contributed by atoms with E-state index in [1.54, 1.807) is 4.68 Å². The quantitative estimate of drug-likeness (QED) is 0.824. The molecule has 1 atom stereocenters. The molecule has 2 heterocycles. The van der Waals surface area contributed by atoms with Crippen molar-refractivity contribution in [2.75, 3.05) is 17.3 Å². The normalized spacial score (nSPS) is 24.9. The summed E-state index contributed by atoms with van der Waals surface area (Å²) in [4.78, 5) is 10.7. The minimum atomic E-state index is -2.97. The van der Waals surface area contributed by atoms with Gasteiger partial charge < -0.3 is 5.11 Å². The number of nitrogens with zero attached hydrogens (tertiary/aromatic N) is 2. The maximum atomic E-state index is 11.6. The molecule has 0 amide bonds. The van der Waals surface area contributed by atoms with Crippen LogP contribution in [0.25, 0.3) is 0 Å². The second-order valence-corrected chi connectivity index (χ2v) is 8.59. The van der Waals surface area contributed by atoms with E-state index in [1.807, 2.05) is 6.07 Å². The van der Waals surface area contributed by atoms with Crippen LogP contribution in [-0.2, 0) is 14.6 Å². The van der Waals surface area contributed by atoms with Crippen LogP contribution in [0.4, 0.5) is 0 Å². The molecule has 1 aromatic heterocycles.